The molecule has 0 saturated carbocycles. The van der Waals surface area contributed by atoms with Crippen LogP contribution in [0.3, 0.4) is 0 Å². The molecule has 15 heavy (non-hydrogen) atoms. The normalized spacial score (nSPS) is 31.7. The molecule has 4 heteroatoms. The Bertz CT molecular complexity index is 243. The molecule has 1 aliphatic rings. The summed E-state index contributed by atoms with van der Waals surface area (Å²) in [5.74, 6) is -1.01. The fraction of sp³-hybridized carbons (Fsp3) is 0.909. The molecular formula is C11H20O4. The Labute approximate surface area is 90.9 Å². The Morgan fingerprint density at radius 1 is 1.47 bits per heavy atom. The molecule has 1 fully saturated rings. The second-order valence-electron chi connectivity index (χ2n) is 5.00. The van der Waals surface area contributed by atoms with Gasteiger partial charge in [-0.05, 0) is 27.7 Å². The minimum Gasteiger partial charge on any atom is -0.456 e. The van der Waals surface area contributed by atoms with Crippen molar-refractivity contribution in [2.75, 3.05) is 13.7 Å². The molecule has 88 valence electrons. The lowest BCUT2D eigenvalue weighted by molar-refractivity contribution is -0.231. The van der Waals surface area contributed by atoms with Gasteiger partial charge in [0.2, 0.25) is 5.79 Å². The fourth-order valence-corrected chi connectivity index (χ4v) is 1.39. The van der Waals surface area contributed by atoms with Crippen LogP contribution in [0.2, 0.25) is 0 Å². The van der Waals surface area contributed by atoms with Crippen LogP contribution >= 0.6 is 0 Å². The minimum atomic E-state index is -0.791. The number of hydrogen-bond acceptors (Lipinski definition) is 4. The average Bonchev–Trinajstić information content (AvgIpc) is 2.47. The summed E-state index contributed by atoms with van der Waals surface area (Å²) < 4.78 is 16.0. The molecule has 1 rings (SSSR count). The van der Waals surface area contributed by atoms with Crippen molar-refractivity contribution >= 4 is 5.97 Å². The van der Waals surface area contributed by atoms with Crippen LogP contribution in [0.25, 0.3) is 0 Å². The van der Waals surface area contributed by atoms with Gasteiger partial charge in [-0.2, -0.15) is 0 Å². The van der Waals surface area contributed by atoms with Crippen LogP contribution in [0.5, 0.6) is 0 Å². The molecule has 4 nitrogen and oxygen atoms in total. The Morgan fingerprint density at radius 3 is 2.53 bits per heavy atom. The Hall–Kier alpha value is -0.610. The Balaban J connectivity index is 2.63. The zero-order valence-electron chi connectivity index (χ0n) is 10.1. The zero-order valence-corrected chi connectivity index (χ0v) is 10.1. The van der Waals surface area contributed by atoms with Gasteiger partial charge in [-0.15, -0.1) is 0 Å². The van der Waals surface area contributed by atoms with E-state index in [-0.39, 0.29) is 12.1 Å². The minimum absolute atomic E-state index is 0.221. The molecule has 1 heterocycles. The summed E-state index contributed by atoms with van der Waals surface area (Å²) in [5, 5.41) is 0. The van der Waals surface area contributed by atoms with Gasteiger partial charge in [0.05, 0.1) is 12.0 Å². The van der Waals surface area contributed by atoms with Crippen molar-refractivity contribution in [1.29, 1.82) is 0 Å². The van der Waals surface area contributed by atoms with Gasteiger partial charge in [0.25, 0.3) is 0 Å². The fourth-order valence-electron chi connectivity index (χ4n) is 1.39. The van der Waals surface area contributed by atoms with Crippen molar-refractivity contribution in [1.82, 2.24) is 0 Å². The first-order chi connectivity index (χ1) is 6.79. The molecule has 0 radical (unpaired) electrons. The van der Waals surface area contributed by atoms with Gasteiger partial charge in [0, 0.05) is 13.5 Å². The van der Waals surface area contributed by atoms with E-state index in [0.717, 1.165) is 0 Å². The van der Waals surface area contributed by atoms with Crippen LogP contribution in [0.1, 0.15) is 34.1 Å². The van der Waals surface area contributed by atoms with E-state index in [4.69, 9.17) is 14.2 Å². The number of carbonyl (C=O) groups excluding carboxylic acids is 1. The molecule has 0 aromatic rings. The van der Waals surface area contributed by atoms with Gasteiger partial charge in [-0.1, -0.05) is 0 Å². The number of carbonyl (C=O) groups is 1. The van der Waals surface area contributed by atoms with Crippen molar-refractivity contribution in [3.05, 3.63) is 0 Å². The standard InChI is InChI=1S/C11H20O4/c1-10(2,3)9(12)15-8-6-7-14-11(8,4)13-5/h8H,6-7H2,1-5H3. The summed E-state index contributed by atoms with van der Waals surface area (Å²) >= 11 is 0. The monoisotopic (exact) mass is 216 g/mol. The van der Waals surface area contributed by atoms with Gasteiger partial charge in [0.1, 0.15) is 0 Å². The van der Waals surface area contributed by atoms with Crippen molar-refractivity contribution in [2.24, 2.45) is 5.41 Å². The molecule has 0 N–H and O–H groups in total. The van der Waals surface area contributed by atoms with E-state index in [1.807, 2.05) is 20.8 Å². The van der Waals surface area contributed by atoms with Crippen LogP contribution in [0, 0.1) is 5.41 Å². The SMILES string of the molecule is COC1(C)OCCC1OC(=O)C(C)(C)C. The molecule has 0 spiro atoms. The summed E-state index contributed by atoms with van der Waals surface area (Å²) in [6.45, 7) is 7.84. The lowest BCUT2D eigenvalue weighted by Gasteiger charge is -2.30. The molecule has 0 aromatic heterocycles. The average molecular weight is 216 g/mol. The number of methoxy groups -OCH3 is 1. The molecule has 0 aliphatic carbocycles. The highest BCUT2D eigenvalue weighted by Crippen LogP contribution is 2.30. The van der Waals surface area contributed by atoms with E-state index in [0.29, 0.717) is 13.0 Å². The van der Waals surface area contributed by atoms with E-state index >= 15 is 0 Å². The molecule has 0 aromatic carbocycles. The second kappa shape index (κ2) is 4.10. The summed E-state index contributed by atoms with van der Waals surface area (Å²) in [6.07, 6.45) is 0.376. The maximum Gasteiger partial charge on any atom is 0.311 e. The van der Waals surface area contributed by atoms with Crippen LogP contribution in [-0.4, -0.2) is 31.6 Å². The number of hydrogen-bond donors (Lipinski definition) is 0. The first-order valence-corrected chi connectivity index (χ1v) is 5.20. The third-order valence-electron chi connectivity index (χ3n) is 2.62. The molecule has 2 atom stereocenters. The van der Waals surface area contributed by atoms with Crippen molar-refractivity contribution in [3.63, 3.8) is 0 Å². The highest BCUT2D eigenvalue weighted by atomic mass is 16.7. The van der Waals surface area contributed by atoms with Gasteiger partial charge in [-0.25, -0.2) is 0 Å². The molecular weight excluding hydrogens is 196 g/mol. The molecule has 1 aliphatic heterocycles. The highest BCUT2D eigenvalue weighted by molar-refractivity contribution is 5.75. The largest absolute Gasteiger partial charge is 0.456 e. The highest BCUT2D eigenvalue weighted by Gasteiger charge is 2.44. The predicted octanol–water partition coefficient (Wildman–Crippen LogP) is 1.73. The van der Waals surface area contributed by atoms with Gasteiger partial charge >= 0.3 is 5.97 Å². The first kappa shape index (κ1) is 12.5. The van der Waals surface area contributed by atoms with E-state index in [9.17, 15) is 4.79 Å². The maximum absolute atomic E-state index is 11.7. The van der Waals surface area contributed by atoms with Gasteiger partial charge in [-0.3, -0.25) is 4.79 Å². The summed E-state index contributed by atoms with van der Waals surface area (Å²) in [5.41, 5.74) is -0.489. The summed E-state index contributed by atoms with van der Waals surface area (Å²) in [6, 6.07) is 0. The number of esters is 1. The van der Waals surface area contributed by atoms with E-state index in [1.165, 1.54) is 0 Å². The third kappa shape index (κ3) is 2.69. The van der Waals surface area contributed by atoms with E-state index < -0.39 is 11.2 Å². The lowest BCUT2D eigenvalue weighted by atomic mass is 9.97. The van der Waals surface area contributed by atoms with Crippen molar-refractivity contribution in [3.8, 4) is 0 Å². The zero-order chi connectivity index (χ0) is 11.7. The van der Waals surface area contributed by atoms with E-state index in [2.05, 4.69) is 0 Å². The van der Waals surface area contributed by atoms with Crippen LogP contribution in [0.15, 0.2) is 0 Å². The smallest absolute Gasteiger partial charge is 0.311 e. The maximum atomic E-state index is 11.7. The van der Waals surface area contributed by atoms with E-state index in [1.54, 1.807) is 14.0 Å². The predicted molar refractivity (Wildman–Crippen MR) is 55.3 cm³/mol. The lowest BCUT2D eigenvalue weighted by Crippen LogP contribution is -2.42. The second-order valence-corrected chi connectivity index (χ2v) is 5.00. The number of ether oxygens (including phenoxy) is 3. The van der Waals surface area contributed by atoms with Gasteiger partial charge < -0.3 is 14.2 Å². The molecule has 2 unspecified atom stereocenters. The molecule has 0 amide bonds. The van der Waals surface area contributed by atoms with Gasteiger partial charge in [0.15, 0.2) is 6.10 Å². The first-order valence-electron chi connectivity index (χ1n) is 5.20. The summed E-state index contributed by atoms with van der Waals surface area (Å²) in [7, 11) is 1.56. The van der Waals surface area contributed by atoms with Crippen molar-refractivity contribution in [2.45, 2.75) is 46.0 Å². The Kier molecular flexibility index (Phi) is 3.41. The van der Waals surface area contributed by atoms with Crippen LogP contribution in [-0.2, 0) is 19.0 Å². The third-order valence-corrected chi connectivity index (χ3v) is 2.62. The quantitative estimate of drug-likeness (QED) is 0.659. The van der Waals surface area contributed by atoms with Crippen molar-refractivity contribution < 1.29 is 19.0 Å². The molecule has 1 saturated heterocycles. The summed E-state index contributed by atoms with van der Waals surface area (Å²) in [4.78, 5) is 11.7. The van der Waals surface area contributed by atoms with Crippen LogP contribution < -0.4 is 0 Å². The molecule has 0 bridgehead atoms. The van der Waals surface area contributed by atoms with Crippen LogP contribution in [0.4, 0.5) is 0 Å². The number of rotatable bonds is 2. The Morgan fingerprint density at radius 2 is 2.07 bits per heavy atom. The topological polar surface area (TPSA) is 44.8 Å².